The summed E-state index contributed by atoms with van der Waals surface area (Å²) >= 11 is 0. The predicted molar refractivity (Wildman–Crippen MR) is 82.8 cm³/mol. The quantitative estimate of drug-likeness (QED) is 0.773. The molecule has 1 saturated carbocycles. The highest BCUT2D eigenvalue weighted by Crippen LogP contribution is 2.25. The maximum absolute atomic E-state index is 12.4. The third kappa shape index (κ3) is 4.74. The summed E-state index contributed by atoms with van der Waals surface area (Å²) in [7, 11) is 0. The van der Waals surface area contributed by atoms with E-state index in [1.165, 1.54) is 38.5 Å². The molecule has 1 atom stereocenters. The highest BCUT2D eigenvalue weighted by molar-refractivity contribution is 5.81. The first-order chi connectivity index (χ1) is 9.72. The number of nitrogens with one attached hydrogen (secondary N) is 1. The Bertz CT molecular complexity index is 296. The SMILES string of the molecule is CCN(CCNC(C)C(=O)N1CCCCCC1)C1CC1. The van der Waals surface area contributed by atoms with Crippen LogP contribution >= 0.6 is 0 Å². The Labute approximate surface area is 123 Å². The van der Waals surface area contributed by atoms with Crippen LogP contribution in [0.4, 0.5) is 0 Å². The van der Waals surface area contributed by atoms with Crippen LogP contribution in [0.1, 0.15) is 52.4 Å². The molecule has 1 aliphatic heterocycles. The summed E-state index contributed by atoms with van der Waals surface area (Å²) < 4.78 is 0. The zero-order valence-electron chi connectivity index (χ0n) is 13.2. The third-order valence-electron chi connectivity index (χ3n) is 4.61. The van der Waals surface area contributed by atoms with Crippen LogP contribution in [0.15, 0.2) is 0 Å². The van der Waals surface area contributed by atoms with Crippen LogP contribution in [0, 0.1) is 0 Å². The lowest BCUT2D eigenvalue weighted by molar-refractivity contribution is -0.133. The molecule has 0 aromatic heterocycles. The number of hydrogen-bond donors (Lipinski definition) is 1. The Morgan fingerprint density at radius 2 is 1.90 bits per heavy atom. The van der Waals surface area contributed by atoms with E-state index in [1.807, 2.05) is 6.92 Å². The zero-order valence-corrected chi connectivity index (χ0v) is 13.2. The van der Waals surface area contributed by atoms with Gasteiger partial charge in [-0.2, -0.15) is 0 Å². The lowest BCUT2D eigenvalue weighted by Crippen LogP contribution is -2.47. The van der Waals surface area contributed by atoms with Crippen LogP contribution in [-0.4, -0.2) is 60.5 Å². The van der Waals surface area contributed by atoms with E-state index < -0.39 is 0 Å². The smallest absolute Gasteiger partial charge is 0.239 e. The Morgan fingerprint density at radius 3 is 2.45 bits per heavy atom. The number of amides is 1. The Balaban J connectivity index is 1.67. The molecule has 1 N–H and O–H groups in total. The molecule has 1 aliphatic carbocycles. The fourth-order valence-electron chi connectivity index (χ4n) is 3.12. The van der Waals surface area contributed by atoms with E-state index in [-0.39, 0.29) is 6.04 Å². The summed E-state index contributed by atoms with van der Waals surface area (Å²) in [6.07, 6.45) is 7.61. The Morgan fingerprint density at radius 1 is 1.25 bits per heavy atom. The van der Waals surface area contributed by atoms with Gasteiger partial charge in [-0.15, -0.1) is 0 Å². The van der Waals surface area contributed by atoms with Gasteiger partial charge in [0.1, 0.15) is 0 Å². The monoisotopic (exact) mass is 281 g/mol. The van der Waals surface area contributed by atoms with Crippen LogP contribution in [-0.2, 0) is 4.79 Å². The van der Waals surface area contributed by atoms with Gasteiger partial charge in [0.25, 0.3) is 0 Å². The van der Waals surface area contributed by atoms with Gasteiger partial charge in [0.05, 0.1) is 6.04 Å². The standard InChI is InChI=1S/C16H31N3O/c1-3-18(15-8-9-15)13-10-17-14(2)16(20)19-11-6-4-5-7-12-19/h14-15,17H,3-13H2,1-2H3. The molecule has 4 heteroatoms. The van der Waals surface area contributed by atoms with E-state index in [2.05, 4.69) is 22.0 Å². The first-order valence-corrected chi connectivity index (χ1v) is 8.48. The van der Waals surface area contributed by atoms with E-state index >= 15 is 0 Å². The first-order valence-electron chi connectivity index (χ1n) is 8.48. The topological polar surface area (TPSA) is 35.6 Å². The summed E-state index contributed by atoms with van der Waals surface area (Å²) in [6.45, 7) is 9.26. The molecule has 1 heterocycles. The molecule has 116 valence electrons. The molecule has 0 bridgehead atoms. The number of likely N-dealkylation sites (tertiary alicyclic amines) is 1. The summed E-state index contributed by atoms with van der Waals surface area (Å²) in [5, 5.41) is 3.41. The first kappa shape index (κ1) is 15.8. The molecule has 20 heavy (non-hydrogen) atoms. The minimum absolute atomic E-state index is 0.0361. The average Bonchev–Trinajstić information content (AvgIpc) is 3.28. The van der Waals surface area contributed by atoms with Crippen molar-refractivity contribution >= 4 is 5.91 Å². The van der Waals surface area contributed by atoms with Gasteiger partial charge in [-0.25, -0.2) is 0 Å². The van der Waals surface area contributed by atoms with E-state index in [1.54, 1.807) is 0 Å². The average molecular weight is 281 g/mol. The highest BCUT2D eigenvalue weighted by atomic mass is 16.2. The van der Waals surface area contributed by atoms with Gasteiger partial charge in [0, 0.05) is 32.2 Å². The lowest BCUT2D eigenvalue weighted by Gasteiger charge is -2.26. The number of nitrogens with zero attached hydrogens (tertiary/aromatic N) is 2. The largest absolute Gasteiger partial charge is 0.341 e. The molecule has 2 rings (SSSR count). The molecular formula is C16H31N3O. The van der Waals surface area contributed by atoms with Gasteiger partial charge in [0.2, 0.25) is 5.91 Å². The lowest BCUT2D eigenvalue weighted by atomic mass is 10.2. The maximum atomic E-state index is 12.4. The van der Waals surface area contributed by atoms with Crippen molar-refractivity contribution in [3.05, 3.63) is 0 Å². The molecule has 2 fully saturated rings. The second-order valence-corrected chi connectivity index (χ2v) is 6.28. The van der Waals surface area contributed by atoms with Crippen LogP contribution in [0.25, 0.3) is 0 Å². The van der Waals surface area contributed by atoms with Gasteiger partial charge < -0.3 is 10.2 Å². The molecule has 4 nitrogen and oxygen atoms in total. The Kier molecular flexibility index (Phi) is 6.30. The number of rotatable bonds is 7. The molecular weight excluding hydrogens is 250 g/mol. The minimum Gasteiger partial charge on any atom is -0.341 e. The van der Waals surface area contributed by atoms with E-state index in [9.17, 15) is 4.79 Å². The van der Waals surface area contributed by atoms with Gasteiger partial charge in [0.15, 0.2) is 0 Å². The van der Waals surface area contributed by atoms with Gasteiger partial charge in [-0.1, -0.05) is 19.8 Å². The van der Waals surface area contributed by atoms with E-state index in [4.69, 9.17) is 0 Å². The van der Waals surface area contributed by atoms with Crippen molar-refractivity contribution in [1.82, 2.24) is 15.1 Å². The van der Waals surface area contributed by atoms with Crippen LogP contribution in [0.2, 0.25) is 0 Å². The van der Waals surface area contributed by atoms with Gasteiger partial charge >= 0.3 is 0 Å². The fourth-order valence-corrected chi connectivity index (χ4v) is 3.12. The molecule has 1 amide bonds. The number of carbonyl (C=O) groups is 1. The van der Waals surface area contributed by atoms with Crippen molar-refractivity contribution in [3.63, 3.8) is 0 Å². The van der Waals surface area contributed by atoms with Crippen molar-refractivity contribution in [2.45, 2.75) is 64.5 Å². The summed E-state index contributed by atoms with van der Waals surface area (Å²) in [4.78, 5) is 17.0. The number of hydrogen-bond acceptors (Lipinski definition) is 3. The third-order valence-corrected chi connectivity index (χ3v) is 4.61. The van der Waals surface area contributed by atoms with Gasteiger partial charge in [-0.3, -0.25) is 9.69 Å². The molecule has 0 radical (unpaired) electrons. The fraction of sp³-hybridized carbons (Fsp3) is 0.938. The molecule has 0 aromatic carbocycles. The summed E-state index contributed by atoms with van der Waals surface area (Å²) in [5.41, 5.74) is 0. The van der Waals surface area contributed by atoms with Crippen molar-refractivity contribution in [3.8, 4) is 0 Å². The second-order valence-electron chi connectivity index (χ2n) is 6.28. The summed E-state index contributed by atoms with van der Waals surface area (Å²) in [6, 6.07) is 0.782. The number of likely N-dealkylation sites (N-methyl/N-ethyl adjacent to an activating group) is 1. The maximum Gasteiger partial charge on any atom is 0.239 e. The van der Waals surface area contributed by atoms with Crippen molar-refractivity contribution in [2.75, 3.05) is 32.7 Å². The molecule has 1 unspecified atom stereocenters. The van der Waals surface area contributed by atoms with Crippen molar-refractivity contribution in [2.24, 2.45) is 0 Å². The minimum atomic E-state index is -0.0361. The van der Waals surface area contributed by atoms with E-state index in [0.717, 1.165) is 38.8 Å². The summed E-state index contributed by atoms with van der Waals surface area (Å²) in [5.74, 6) is 0.293. The second kappa shape index (κ2) is 7.99. The zero-order chi connectivity index (χ0) is 14.4. The molecule has 2 aliphatic rings. The van der Waals surface area contributed by atoms with Crippen molar-refractivity contribution in [1.29, 1.82) is 0 Å². The predicted octanol–water partition coefficient (Wildman–Crippen LogP) is 1.85. The van der Waals surface area contributed by atoms with Crippen LogP contribution in [0.3, 0.4) is 0 Å². The van der Waals surface area contributed by atoms with E-state index in [0.29, 0.717) is 5.91 Å². The number of carbonyl (C=O) groups excluding carboxylic acids is 1. The molecule has 0 aromatic rings. The highest BCUT2D eigenvalue weighted by Gasteiger charge is 2.27. The van der Waals surface area contributed by atoms with Crippen LogP contribution in [0.5, 0.6) is 0 Å². The molecule has 0 spiro atoms. The van der Waals surface area contributed by atoms with Crippen molar-refractivity contribution < 1.29 is 4.79 Å². The Hall–Kier alpha value is -0.610. The normalized spacial score (nSPS) is 21.9. The van der Waals surface area contributed by atoms with Gasteiger partial charge in [-0.05, 0) is 39.2 Å². The van der Waals surface area contributed by atoms with Crippen LogP contribution < -0.4 is 5.32 Å². The molecule has 1 saturated heterocycles.